The summed E-state index contributed by atoms with van der Waals surface area (Å²) in [5.74, 6) is 0. The molecule has 1 aromatic carbocycles. The second-order valence-corrected chi connectivity index (χ2v) is 6.82. The van der Waals surface area contributed by atoms with Gasteiger partial charge in [-0.25, -0.2) is 13.4 Å². The van der Waals surface area contributed by atoms with Gasteiger partial charge in [-0.2, -0.15) is 0 Å². The van der Waals surface area contributed by atoms with E-state index >= 15 is 0 Å². The summed E-state index contributed by atoms with van der Waals surface area (Å²) in [5.41, 5.74) is 2.41. The molecule has 4 nitrogen and oxygen atoms in total. The highest BCUT2D eigenvalue weighted by Gasteiger charge is 2.17. The van der Waals surface area contributed by atoms with Crippen molar-refractivity contribution >= 4 is 38.9 Å². The molecule has 1 N–H and O–H groups in total. The van der Waals surface area contributed by atoms with Crippen molar-refractivity contribution in [3.05, 3.63) is 51.8 Å². The molecular weight excluding hydrogens is 319 g/mol. The molecule has 0 saturated carbocycles. The number of pyridine rings is 1. The van der Waals surface area contributed by atoms with E-state index < -0.39 is 10.0 Å². The van der Waals surface area contributed by atoms with Crippen LogP contribution in [0.5, 0.6) is 0 Å². The van der Waals surface area contributed by atoms with E-state index in [2.05, 4.69) is 9.71 Å². The Bertz CT molecular complexity index is 761. The van der Waals surface area contributed by atoms with Gasteiger partial charge in [0.25, 0.3) is 10.0 Å². The smallest absolute Gasteiger partial charge is 0.263 e. The van der Waals surface area contributed by atoms with Crippen LogP contribution < -0.4 is 4.72 Å². The van der Waals surface area contributed by atoms with Gasteiger partial charge >= 0.3 is 0 Å². The number of hydrogen-bond donors (Lipinski definition) is 1. The molecule has 0 aliphatic heterocycles. The molecule has 0 spiro atoms. The fourth-order valence-electron chi connectivity index (χ4n) is 1.68. The van der Waals surface area contributed by atoms with Crippen molar-refractivity contribution in [2.24, 2.45) is 0 Å². The van der Waals surface area contributed by atoms with Gasteiger partial charge in [0.15, 0.2) is 0 Å². The molecule has 0 atom stereocenters. The molecule has 0 unspecified atom stereocenters. The summed E-state index contributed by atoms with van der Waals surface area (Å²) in [7, 11) is -3.74. The third-order valence-corrected chi connectivity index (χ3v) is 4.73. The van der Waals surface area contributed by atoms with Crippen LogP contribution in [0, 0.1) is 13.8 Å². The van der Waals surface area contributed by atoms with Crippen molar-refractivity contribution in [2.45, 2.75) is 18.7 Å². The lowest BCUT2D eigenvalue weighted by atomic mass is 10.1. The molecule has 1 heterocycles. The Labute approximate surface area is 127 Å². The maximum Gasteiger partial charge on any atom is 0.263 e. The molecule has 0 amide bonds. The maximum absolute atomic E-state index is 12.2. The van der Waals surface area contributed by atoms with Crippen LogP contribution in [0.1, 0.15) is 11.1 Å². The standard InChI is InChI=1S/C13H12Cl2N2O2S/c1-8-3-4-12(9(2)5-8)17-20(18,19)10-6-11(14)13(15)16-7-10/h3-7,17H,1-2H3. The highest BCUT2D eigenvalue weighted by atomic mass is 35.5. The van der Waals surface area contributed by atoms with Crippen molar-refractivity contribution in [3.8, 4) is 0 Å². The molecular formula is C13H12Cl2N2O2S. The minimum absolute atomic E-state index is 0.0353. The fourth-order valence-corrected chi connectivity index (χ4v) is 3.12. The van der Waals surface area contributed by atoms with E-state index in [1.807, 2.05) is 26.0 Å². The molecule has 0 bridgehead atoms. The van der Waals surface area contributed by atoms with Crippen LogP contribution in [-0.2, 0) is 10.0 Å². The summed E-state index contributed by atoms with van der Waals surface area (Å²) in [6, 6.07) is 6.71. The van der Waals surface area contributed by atoms with Crippen LogP contribution in [0.3, 0.4) is 0 Å². The molecule has 106 valence electrons. The molecule has 7 heteroatoms. The van der Waals surface area contributed by atoms with Crippen molar-refractivity contribution in [2.75, 3.05) is 4.72 Å². The quantitative estimate of drug-likeness (QED) is 0.870. The molecule has 20 heavy (non-hydrogen) atoms. The highest BCUT2D eigenvalue weighted by molar-refractivity contribution is 7.92. The Balaban J connectivity index is 2.38. The highest BCUT2D eigenvalue weighted by Crippen LogP contribution is 2.25. The summed E-state index contributed by atoms with van der Waals surface area (Å²) in [5, 5.41) is 0.160. The summed E-state index contributed by atoms with van der Waals surface area (Å²) >= 11 is 11.5. The van der Waals surface area contributed by atoms with Gasteiger partial charge < -0.3 is 0 Å². The second kappa shape index (κ2) is 5.60. The summed E-state index contributed by atoms with van der Waals surface area (Å²) in [4.78, 5) is 3.70. The average molecular weight is 331 g/mol. The van der Waals surface area contributed by atoms with E-state index in [0.29, 0.717) is 5.69 Å². The van der Waals surface area contributed by atoms with E-state index in [1.54, 1.807) is 6.07 Å². The number of benzene rings is 1. The zero-order valence-electron chi connectivity index (χ0n) is 10.8. The number of halogens is 2. The van der Waals surface area contributed by atoms with Gasteiger partial charge in [-0.05, 0) is 31.5 Å². The van der Waals surface area contributed by atoms with Crippen molar-refractivity contribution in [3.63, 3.8) is 0 Å². The van der Waals surface area contributed by atoms with Gasteiger partial charge in [-0.3, -0.25) is 4.72 Å². The third kappa shape index (κ3) is 3.23. The monoisotopic (exact) mass is 330 g/mol. The molecule has 0 saturated heterocycles. The number of nitrogens with one attached hydrogen (secondary N) is 1. The average Bonchev–Trinajstić information content (AvgIpc) is 2.36. The molecule has 0 fully saturated rings. The fraction of sp³-hybridized carbons (Fsp3) is 0.154. The second-order valence-electron chi connectivity index (χ2n) is 4.37. The minimum Gasteiger partial charge on any atom is -0.279 e. The number of rotatable bonds is 3. The lowest BCUT2D eigenvalue weighted by molar-refractivity contribution is 0.601. The van der Waals surface area contributed by atoms with Crippen molar-refractivity contribution in [1.29, 1.82) is 0 Å². The Morgan fingerprint density at radius 2 is 1.85 bits per heavy atom. The number of anilines is 1. The first-order valence-corrected chi connectivity index (χ1v) is 7.94. The first kappa shape index (κ1) is 15.1. The summed E-state index contributed by atoms with van der Waals surface area (Å²) < 4.78 is 27.0. The summed E-state index contributed by atoms with van der Waals surface area (Å²) in [6.07, 6.45) is 1.17. The first-order valence-electron chi connectivity index (χ1n) is 5.71. The van der Waals surface area contributed by atoms with E-state index in [0.717, 1.165) is 11.1 Å². The normalized spacial score (nSPS) is 11.4. The predicted molar refractivity (Wildman–Crippen MR) is 81.0 cm³/mol. The Morgan fingerprint density at radius 3 is 2.45 bits per heavy atom. The lowest BCUT2D eigenvalue weighted by Gasteiger charge is -2.11. The Morgan fingerprint density at radius 1 is 1.15 bits per heavy atom. The van der Waals surface area contributed by atoms with Gasteiger partial charge in [0.1, 0.15) is 10.0 Å². The largest absolute Gasteiger partial charge is 0.279 e. The zero-order valence-corrected chi connectivity index (χ0v) is 13.1. The third-order valence-electron chi connectivity index (χ3n) is 2.71. The molecule has 2 rings (SSSR count). The Hall–Kier alpha value is -1.30. The van der Waals surface area contributed by atoms with E-state index in [4.69, 9.17) is 23.2 Å². The van der Waals surface area contributed by atoms with Crippen LogP contribution in [0.25, 0.3) is 0 Å². The van der Waals surface area contributed by atoms with Gasteiger partial charge in [-0.15, -0.1) is 0 Å². The number of hydrogen-bond acceptors (Lipinski definition) is 3. The molecule has 0 aliphatic rings. The summed E-state index contributed by atoms with van der Waals surface area (Å²) in [6.45, 7) is 3.77. The predicted octanol–water partition coefficient (Wildman–Crippen LogP) is 3.81. The van der Waals surface area contributed by atoms with Gasteiger partial charge in [0.05, 0.1) is 10.7 Å². The van der Waals surface area contributed by atoms with Gasteiger partial charge in [0, 0.05) is 6.20 Å². The van der Waals surface area contributed by atoms with Crippen molar-refractivity contribution in [1.82, 2.24) is 4.98 Å². The van der Waals surface area contributed by atoms with E-state index in [-0.39, 0.29) is 15.1 Å². The van der Waals surface area contributed by atoms with Crippen molar-refractivity contribution < 1.29 is 8.42 Å². The number of nitrogens with zero attached hydrogens (tertiary/aromatic N) is 1. The van der Waals surface area contributed by atoms with Crippen LogP contribution >= 0.6 is 23.2 Å². The first-order chi connectivity index (χ1) is 9.29. The lowest BCUT2D eigenvalue weighted by Crippen LogP contribution is -2.14. The molecule has 1 aromatic heterocycles. The van der Waals surface area contributed by atoms with Crippen LogP contribution in [0.2, 0.25) is 10.2 Å². The van der Waals surface area contributed by atoms with Crippen LogP contribution in [0.15, 0.2) is 35.4 Å². The van der Waals surface area contributed by atoms with Crippen LogP contribution in [0.4, 0.5) is 5.69 Å². The number of aryl methyl sites for hydroxylation is 2. The minimum atomic E-state index is -3.74. The van der Waals surface area contributed by atoms with Gasteiger partial charge in [0.2, 0.25) is 0 Å². The zero-order chi connectivity index (χ0) is 14.9. The number of aromatic nitrogens is 1. The Kier molecular flexibility index (Phi) is 4.22. The van der Waals surface area contributed by atoms with E-state index in [9.17, 15) is 8.42 Å². The molecule has 2 aromatic rings. The number of sulfonamides is 1. The van der Waals surface area contributed by atoms with Crippen LogP contribution in [-0.4, -0.2) is 13.4 Å². The molecule has 0 aliphatic carbocycles. The SMILES string of the molecule is Cc1ccc(NS(=O)(=O)c2cnc(Cl)c(Cl)c2)c(C)c1. The molecule has 0 radical (unpaired) electrons. The van der Waals surface area contributed by atoms with E-state index in [1.165, 1.54) is 12.3 Å². The van der Waals surface area contributed by atoms with Gasteiger partial charge in [-0.1, -0.05) is 40.9 Å². The maximum atomic E-state index is 12.2. The topological polar surface area (TPSA) is 59.1 Å².